The number of nitrogens with zero attached hydrogens (tertiary/aromatic N) is 1. The molecule has 0 heterocycles. The largest absolute Gasteiger partial charge is 0.394 e. The Morgan fingerprint density at radius 3 is 2.67 bits per heavy atom. The monoisotopic (exact) mass is 177 g/mol. The number of hydrogen-bond donors (Lipinski definition) is 2. The summed E-state index contributed by atoms with van der Waals surface area (Å²) in [5.74, 6) is 0. The molecule has 0 bridgehead atoms. The lowest BCUT2D eigenvalue weighted by atomic mass is 10.3. The Morgan fingerprint density at radius 1 is 1.50 bits per heavy atom. The summed E-state index contributed by atoms with van der Waals surface area (Å²) >= 11 is 0. The van der Waals surface area contributed by atoms with Crippen LogP contribution in [0.5, 0.6) is 0 Å². The predicted octanol–water partition coefficient (Wildman–Crippen LogP) is -0.692. The second-order valence-corrected chi connectivity index (χ2v) is 2.80. The first-order chi connectivity index (χ1) is 5.70. The van der Waals surface area contributed by atoms with Crippen molar-refractivity contribution >= 4 is 0 Å². The maximum atomic E-state index is 9.05. The van der Waals surface area contributed by atoms with Crippen LogP contribution in [0.15, 0.2) is 0 Å². The van der Waals surface area contributed by atoms with Gasteiger partial charge in [-0.05, 0) is 14.0 Å². The minimum Gasteiger partial charge on any atom is -0.394 e. The van der Waals surface area contributed by atoms with E-state index in [4.69, 9.17) is 14.9 Å². The van der Waals surface area contributed by atoms with Gasteiger partial charge in [0.25, 0.3) is 0 Å². The molecular weight excluding hydrogens is 158 g/mol. The van der Waals surface area contributed by atoms with Gasteiger partial charge in [0.15, 0.2) is 0 Å². The molecule has 0 aromatic carbocycles. The maximum absolute atomic E-state index is 9.05. The highest BCUT2D eigenvalue weighted by Gasteiger charge is 2.05. The number of hydrogen-bond acceptors (Lipinski definition) is 4. The summed E-state index contributed by atoms with van der Waals surface area (Å²) in [5, 5.41) is 17.6. The van der Waals surface area contributed by atoms with Crippen LogP contribution >= 0.6 is 0 Å². The van der Waals surface area contributed by atoms with Crippen LogP contribution in [0.3, 0.4) is 0 Å². The Balaban J connectivity index is 3.26. The molecule has 12 heavy (non-hydrogen) atoms. The fraction of sp³-hybridized carbons (Fsp3) is 1.00. The predicted molar refractivity (Wildman–Crippen MR) is 47.1 cm³/mol. The van der Waals surface area contributed by atoms with Crippen molar-refractivity contribution in [2.75, 3.05) is 40.0 Å². The molecular formula is C8H19NO3. The Hall–Kier alpha value is -0.160. The maximum Gasteiger partial charge on any atom is 0.0897 e. The smallest absolute Gasteiger partial charge is 0.0897 e. The lowest BCUT2D eigenvalue weighted by molar-refractivity contribution is 0.0541. The van der Waals surface area contributed by atoms with Gasteiger partial charge in [0.2, 0.25) is 0 Å². The molecule has 1 unspecified atom stereocenters. The van der Waals surface area contributed by atoms with E-state index < -0.39 is 6.10 Å². The number of likely N-dealkylation sites (N-methyl/N-ethyl adjacent to an activating group) is 1. The Bertz CT molecular complexity index is 100. The highest BCUT2D eigenvalue weighted by molar-refractivity contribution is 4.58. The molecule has 0 saturated carbocycles. The standard InChI is InChI=1S/C8H19NO3/c1-3-12-5-4-9(2)6-8(11)7-10/h8,10-11H,3-7H2,1-2H3. The number of rotatable bonds is 7. The Labute approximate surface area is 73.8 Å². The van der Waals surface area contributed by atoms with E-state index in [1.807, 2.05) is 18.9 Å². The van der Waals surface area contributed by atoms with Gasteiger partial charge in [-0.25, -0.2) is 0 Å². The molecule has 0 aromatic heterocycles. The van der Waals surface area contributed by atoms with Gasteiger partial charge < -0.3 is 19.8 Å². The van der Waals surface area contributed by atoms with E-state index in [2.05, 4.69) is 0 Å². The summed E-state index contributed by atoms with van der Waals surface area (Å²) in [6, 6.07) is 0. The third-order valence-corrected chi connectivity index (χ3v) is 1.55. The van der Waals surface area contributed by atoms with Gasteiger partial charge in [-0.1, -0.05) is 0 Å². The SMILES string of the molecule is CCOCCN(C)CC(O)CO. The zero-order chi connectivity index (χ0) is 9.40. The normalized spacial score (nSPS) is 13.8. The Kier molecular flexibility index (Phi) is 7.39. The minimum absolute atomic E-state index is 0.182. The first-order valence-electron chi connectivity index (χ1n) is 4.26. The summed E-state index contributed by atoms with van der Waals surface area (Å²) in [4.78, 5) is 1.93. The van der Waals surface area contributed by atoms with Gasteiger partial charge >= 0.3 is 0 Å². The van der Waals surface area contributed by atoms with Crippen LogP contribution in [-0.2, 0) is 4.74 Å². The Morgan fingerprint density at radius 2 is 2.17 bits per heavy atom. The molecule has 74 valence electrons. The van der Waals surface area contributed by atoms with Gasteiger partial charge in [0.1, 0.15) is 0 Å². The average molecular weight is 177 g/mol. The van der Waals surface area contributed by atoms with Crippen molar-refractivity contribution in [1.82, 2.24) is 4.90 Å². The zero-order valence-electron chi connectivity index (χ0n) is 7.86. The van der Waals surface area contributed by atoms with Gasteiger partial charge in [0, 0.05) is 19.7 Å². The van der Waals surface area contributed by atoms with E-state index >= 15 is 0 Å². The molecule has 0 aliphatic heterocycles. The summed E-state index contributed by atoms with van der Waals surface area (Å²) in [6.07, 6.45) is -0.642. The van der Waals surface area contributed by atoms with E-state index in [0.29, 0.717) is 13.2 Å². The van der Waals surface area contributed by atoms with Gasteiger partial charge in [-0.3, -0.25) is 0 Å². The van der Waals surface area contributed by atoms with E-state index in [0.717, 1.165) is 13.2 Å². The molecule has 0 amide bonds. The van der Waals surface area contributed by atoms with Crippen LogP contribution in [0, 0.1) is 0 Å². The molecule has 0 spiro atoms. The van der Waals surface area contributed by atoms with E-state index in [1.54, 1.807) is 0 Å². The molecule has 0 saturated heterocycles. The molecule has 4 nitrogen and oxygen atoms in total. The van der Waals surface area contributed by atoms with Gasteiger partial charge in [-0.15, -0.1) is 0 Å². The molecule has 0 aliphatic rings. The topological polar surface area (TPSA) is 52.9 Å². The van der Waals surface area contributed by atoms with Crippen molar-refractivity contribution in [3.8, 4) is 0 Å². The third kappa shape index (κ3) is 6.54. The van der Waals surface area contributed by atoms with Crippen LogP contribution in [-0.4, -0.2) is 61.2 Å². The van der Waals surface area contributed by atoms with E-state index in [9.17, 15) is 0 Å². The van der Waals surface area contributed by atoms with Crippen molar-refractivity contribution in [2.45, 2.75) is 13.0 Å². The van der Waals surface area contributed by atoms with Crippen molar-refractivity contribution in [1.29, 1.82) is 0 Å². The second kappa shape index (κ2) is 7.49. The lowest BCUT2D eigenvalue weighted by Gasteiger charge is -2.18. The van der Waals surface area contributed by atoms with Crippen LogP contribution < -0.4 is 0 Å². The summed E-state index contributed by atoms with van der Waals surface area (Å²) in [6.45, 7) is 4.43. The van der Waals surface area contributed by atoms with Gasteiger partial charge in [-0.2, -0.15) is 0 Å². The van der Waals surface area contributed by atoms with Crippen molar-refractivity contribution < 1.29 is 14.9 Å². The fourth-order valence-electron chi connectivity index (χ4n) is 0.874. The molecule has 1 atom stereocenters. The summed E-state index contributed by atoms with van der Waals surface area (Å²) in [7, 11) is 1.89. The zero-order valence-corrected chi connectivity index (χ0v) is 7.86. The second-order valence-electron chi connectivity index (χ2n) is 2.80. The van der Waals surface area contributed by atoms with Crippen molar-refractivity contribution in [3.05, 3.63) is 0 Å². The van der Waals surface area contributed by atoms with Crippen LogP contribution in [0.4, 0.5) is 0 Å². The quantitative estimate of drug-likeness (QED) is 0.505. The molecule has 0 radical (unpaired) electrons. The molecule has 0 aliphatic carbocycles. The van der Waals surface area contributed by atoms with E-state index in [-0.39, 0.29) is 6.61 Å². The molecule has 4 heteroatoms. The van der Waals surface area contributed by atoms with Crippen molar-refractivity contribution in [2.24, 2.45) is 0 Å². The third-order valence-electron chi connectivity index (χ3n) is 1.55. The molecule has 2 N–H and O–H groups in total. The van der Waals surface area contributed by atoms with Gasteiger partial charge in [0.05, 0.1) is 19.3 Å². The first-order valence-corrected chi connectivity index (χ1v) is 4.26. The van der Waals surface area contributed by atoms with Crippen LogP contribution in [0.1, 0.15) is 6.92 Å². The summed E-state index contributed by atoms with van der Waals surface area (Å²) in [5.41, 5.74) is 0. The highest BCUT2D eigenvalue weighted by Crippen LogP contribution is 1.88. The van der Waals surface area contributed by atoms with Crippen molar-refractivity contribution in [3.63, 3.8) is 0 Å². The first kappa shape index (κ1) is 11.8. The molecule has 0 aromatic rings. The average Bonchev–Trinajstić information content (AvgIpc) is 2.05. The number of ether oxygens (including phenoxy) is 1. The summed E-state index contributed by atoms with van der Waals surface area (Å²) < 4.78 is 5.13. The highest BCUT2D eigenvalue weighted by atomic mass is 16.5. The molecule has 0 rings (SSSR count). The van der Waals surface area contributed by atoms with Crippen LogP contribution in [0.25, 0.3) is 0 Å². The van der Waals surface area contributed by atoms with E-state index in [1.165, 1.54) is 0 Å². The fourth-order valence-corrected chi connectivity index (χ4v) is 0.874. The number of aliphatic hydroxyl groups is 2. The lowest BCUT2D eigenvalue weighted by Crippen LogP contribution is -2.33. The minimum atomic E-state index is -0.642. The molecule has 0 fully saturated rings. The number of aliphatic hydroxyl groups excluding tert-OH is 2. The van der Waals surface area contributed by atoms with Crippen LogP contribution in [0.2, 0.25) is 0 Å².